The molecule has 1 heterocycles. The van der Waals surface area contributed by atoms with Crippen molar-refractivity contribution < 1.29 is 9.53 Å². The Morgan fingerprint density at radius 2 is 2.05 bits per heavy atom. The van der Waals surface area contributed by atoms with Crippen molar-refractivity contribution in [3.05, 3.63) is 34.9 Å². The molecule has 1 saturated heterocycles. The molecule has 1 unspecified atom stereocenters. The van der Waals surface area contributed by atoms with Crippen LogP contribution in [0.2, 0.25) is 5.02 Å². The van der Waals surface area contributed by atoms with Crippen LogP contribution in [0.5, 0.6) is 0 Å². The fourth-order valence-electron chi connectivity index (χ4n) is 3.02. The summed E-state index contributed by atoms with van der Waals surface area (Å²) in [7, 11) is 1.85. The molecule has 4 nitrogen and oxygen atoms in total. The Balaban J connectivity index is 2.13. The molecular formula is C17H25ClN2O2. The quantitative estimate of drug-likeness (QED) is 0.844. The van der Waals surface area contributed by atoms with Crippen LogP contribution in [0, 0.1) is 5.92 Å². The molecule has 0 aliphatic carbocycles. The highest BCUT2D eigenvalue weighted by Crippen LogP contribution is 2.38. The van der Waals surface area contributed by atoms with Crippen LogP contribution in [0.3, 0.4) is 0 Å². The summed E-state index contributed by atoms with van der Waals surface area (Å²) >= 11 is 6.41. The maximum absolute atomic E-state index is 12.2. The summed E-state index contributed by atoms with van der Waals surface area (Å²) in [6, 6.07) is 7.92. The van der Waals surface area contributed by atoms with E-state index in [9.17, 15) is 4.79 Å². The van der Waals surface area contributed by atoms with E-state index in [0.717, 1.165) is 23.4 Å². The average Bonchev–Trinajstić information content (AvgIpc) is 2.54. The first-order valence-electron chi connectivity index (χ1n) is 7.84. The minimum Gasteiger partial charge on any atom is -0.381 e. The number of benzene rings is 1. The molecule has 5 heteroatoms. The van der Waals surface area contributed by atoms with Crippen LogP contribution in [0.15, 0.2) is 24.3 Å². The predicted octanol–water partition coefficient (Wildman–Crippen LogP) is 2.36. The van der Waals surface area contributed by atoms with E-state index in [2.05, 4.69) is 16.7 Å². The number of carbonyl (C=O) groups is 1. The number of hydrogen-bond donors (Lipinski definition) is 2. The summed E-state index contributed by atoms with van der Waals surface area (Å²) in [6.07, 6.45) is 1.74. The van der Waals surface area contributed by atoms with Gasteiger partial charge in [0.25, 0.3) is 0 Å². The number of nitrogens with one attached hydrogen (secondary N) is 2. The van der Waals surface area contributed by atoms with Crippen molar-refractivity contribution in [2.24, 2.45) is 5.92 Å². The molecule has 1 atom stereocenters. The van der Waals surface area contributed by atoms with Crippen molar-refractivity contribution in [1.29, 1.82) is 0 Å². The fraction of sp³-hybridized carbons (Fsp3) is 0.588. The Morgan fingerprint density at radius 1 is 1.36 bits per heavy atom. The summed E-state index contributed by atoms with van der Waals surface area (Å²) in [4.78, 5) is 12.2. The second-order valence-electron chi connectivity index (χ2n) is 6.05. The average molecular weight is 325 g/mol. The van der Waals surface area contributed by atoms with Crippen LogP contribution < -0.4 is 10.6 Å². The van der Waals surface area contributed by atoms with Crippen LogP contribution in [-0.2, 0) is 14.9 Å². The normalized spacial score (nSPS) is 18.7. The van der Waals surface area contributed by atoms with E-state index in [1.54, 1.807) is 0 Å². The number of halogens is 1. The lowest BCUT2D eigenvalue weighted by atomic mass is 9.74. The monoisotopic (exact) mass is 324 g/mol. The molecule has 0 spiro atoms. The molecule has 2 N–H and O–H groups in total. The minimum absolute atomic E-state index is 0.0480. The lowest BCUT2D eigenvalue weighted by molar-refractivity contribution is -0.124. The third-order valence-corrected chi connectivity index (χ3v) is 4.78. The molecule has 1 aliphatic rings. The highest BCUT2D eigenvalue weighted by atomic mass is 35.5. The Kier molecular flexibility index (Phi) is 6.24. The number of amides is 1. The molecule has 0 aromatic heterocycles. The topological polar surface area (TPSA) is 50.4 Å². The summed E-state index contributed by atoms with van der Waals surface area (Å²) in [5.41, 5.74) is 0.979. The van der Waals surface area contributed by atoms with E-state index in [1.807, 2.05) is 32.2 Å². The zero-order valence-electron chi connectivity index (χ0n) is 13.3. The van der Waals surface area contributed by atoms with Crippen LogP contribution >= 0.6 is 11.6 Å². The molecule has 1 aromatic rings. The molecule has 1 aromatic carbocycles. The Labute approximate surface area is 137 Å². The zero-order valence-corrected chi connectivity index (χ0v) is 14.1. The van der Waals surface area contributed by atoms with Crippen molar-refractivity contribution in [3.63, 3.8) is 0 Å². The third-order valence-electron chi connectivity index (χ3n) is 4.45. The number of rotatable bonds is 6. The SMILES string of the molecule is CNCC(C)C(=O)NCC1(c2ccccc2Cl)CCOCC1. The van der Waals surface area contributed by atoms with Gasteiger partial charge in [0.15, 0.2) is 0 Å². The van der Waals surface area contributed by atoms with Gasteiger partial charge in [0.1, 0.15) is 0 Å². The minimum atomic E-state index is -0.133. The highest BCUT2D eigenvalue weighted by molar-refractivity contribution is 6.31. The highest BCUT2D eigenvalue weighted by Gasteiger charge is 2.36. The third kappa shape index (κ3) is 4.00. The van der Waals surface area contributed by atoms with E-state index in [1.165, 1.54) is 0 Å². The summed E-state index contributed by atoms with van der Waals surface area (Å²) in [6.45, 7) is 4.61. The molecule has 1 aliphatic heterocycles. The van der Waals surface area contributed by atoms with Gasteiger partial charge in [-0.2, -0.15) is 0 Å². The number of hydrogen-bond acceptors (Lipinski definition) is 3. The molecule has 1 amide bonds. The molecule has 122 valence electrons. The molecule has 0 saturated carbocycles. The van der Waals surface area contributed by atoms with Gasteiger partial charge >= 0.3 is 0 Å². The lowest BCUT2D eigenvalue weighted by Gasteiger charge is -2.38. The first kappa shape index (κ1) is 17.3. The van der Waals surface area contributed by atoms with E-state index >= 15 is 0 Å². The Morgan fingerprint density at radius 3 is 2.68 bits per heavy atom. The van der Waals surface area contributed by atoms with Crippen LogP contribution in [-0.4, -0.2) is 39.3 Å². The largest absolute Gasteiger partial charge is 0.381 e. The molecule has 1 fully saturated rings. The number of ether oxygens (including phenoxy) is 1. The molecule has 2 rings (SSSR count). The van der Waals surface area contributed by atoms with Crippen LogP contribution in [0.1, 0.15) is 25.3 Å². The van der Waals surface area contributed by atoms with Crippen molar-refractivity contribution in [1.82, 2.24) is 10.6 Å². The fourth-order valence-corrected chi connectivity index (χ4v) is 3.36. The number of carbonyl (C=O) groups excluding carboxylic acids is 1. The van der Waals surface area contributed by atoms with Crippen molar-refractivity contribution in [2.75, 3.05) is 33.4 Å². The van der Waals surface area contributed by atoms with Crippen LogP contribution in [0.25, 0.3) is 0 Å². The van der Waals surface area contributed by atoms with Gasteiger partial charge in [0, 0.05) is 42.7 Å². The Bertz CT molecular complexity index is 501. The van der Waals surface area contributed by atoms with Crippen molar-refractivity contribution in [3.8, 4) is 0 Å². The summed E-state index contributed by atoms with van der Waals surface area (Å²) < 4.78 is 5.51. The smallest absolute Gasteiger partial charge is 0.224 e. The van der Waals surface area contributed by atoms with Gasteiger partial charge in [0.05, 0.1) is 0 Å². The maximum atomic E-state index is 12.2. The molecule has 0 radical (unpaired) electrons. The van der Waals surface area contributed by atoms with Crippen molar-refractivity contribution >= 4 is 17.5 Å². The molecule has 0 bridgehead atoms. The van der Waals surface area contributed by atoms with Crippen LogP contribution in [0.4, 0.5) is 0 Å². The second-order valence-corrected chi connectivity index (χ2v) is 6.46. The Hall–Kier alpha value is -1.10. The van der Waals surface area contributed by atoms with E-state index < -0.39 is 0 Å². The van der Waals surface area contributed by atoms with Gasteiger partial charge < -0.3 is 15.4 Å². The first-order chi connectivity index (χ1) is 10.6. The van der Waals surface area contributed by atoms with Gasteiger partial charge in [0.2, 0.25) is 5.91 Å². The summed E-state index contributed by atoms with van der Waals surface area (Å²) in [5.74, 6) is 0.0282. The van der Waals surface area contributed by atoms with E-state index in [0.29, 0.717) is 26.3 Å². The lowest BCUT2D eigenvalue weighted by Crippen LogP contribution is -2.46. The first-order valence-corrected chi connectivity index (χ1v) is 8.22. The zero-order chi connectivity index (χ0) is 16.0. The van der Waals surface area contributed by atoms with Gasteiger partial charge in [-0.25, -0.2) is 0 Å². The summed E-state index contributed by atoms with van der Waals surface area (Å²) in [5, 5.41) is 6.91. The molecular weight excluding hydrogens is 300 g/mol. The molecule has 22 heavy (non-hydrogen) atoms. The predicted molar refractivity (Wildman–Crippen MR) is 89.3 cm³/mol. The van der Waals surface area contributed by atoms with Gasteiger partial charge in [-0.3, -0.25) is 4.79 Å². The standard InChI is InChI=1S/C17H25ClN2O2/c1-13(11-19-2)16(21)20-12-17(7-9-22-10-8-17)14-5-3-4-6-15(14)18/h3-6,13,19H,7-12H2,1-2H3,(H,20,21). The van der Waals surface area contributed by atoms with E-state index in [-0.39, 0.29) is 17.2 Å². The van der Waals surface area contributed by atoms with Gasteiger partial charge in [-0.15, -0.1) is 0 Å². The second kappa shape index (κ2) is 7.95. The van der Waals surface area contributed by atoms with Crippen molar-refractivity contribution in [2.45, 2.75) is 25.2 Å². The van der Waals surface area contributed by atoms with Gasteiger partial charge in [-0.1, -0.05) is 36.7 Å². The van der Waals surface area contributed by atoms with E-state index in [4.69, 9.17) is 16.3 Å². The van der Waals surface area contributed by atoms with Gasteiger partial charge in [-0.05, 0) is 31.5 Å². The maximum Gasteiger partial charge on any atom is 0.224 e.